The Labute approximate surface area is 71.5 Å². The number of hydrogen-bond donors (Lipinski definition) is 3. The average Bonchev–Trinajstić information content (AvgIpc) is 2.34. The minimum Gasteiger partial charge on any atom is -0.394 e. The molecular weight excluding hydrogens is 154 g/mol. The van der Waals surface area contributed by atoms with E-state index in [1.54, 1.807) is 4.68 Å². The van der Waals surface area contributed by atoms with Crippen LogP contribution in [0.25, 0.3) is 0 Å². The van der Waals surface area contributed by atoms with Crippen molar-refractivity contribution in [3.8, 4) is 0 Å². The van der Waals surface area contributed by atoms with Gasteiger partial charge in [-0.15, -0.1) is 0 Å². The molecule has 1 aromatic heterocycles. The van der Waals surface area contributed by atoms with Crippen LogP contribution in [0.3, 0.4) is 0 Å². The Balaban J connectivity index is 2.80. The highest BCUT2D eigenvalue weighted by atomic mass is 15.4. The van der Waals surface area contributed by atoms with Crippen LogP contribution in [0.1, 0.15) is 25.9 Å². The SMILES string of the molecule is CCCC(N)n1ncc(N)c1N. The molecule has 0 aliphatic rings. The summed E-state index contributed by atoms with van der Waals surface area (Å²) in [4.78, 5) is 0. The largest absolute Gasteiger partial charge is 0.394 e. The highest BCUT2D eigenvalue weighted by Gasteiger charge is 2.09. The summed E-state index contributed by atoms with van der Waals surface area (Å²) in [6.07, 6.45) is 3.21. The second kappa shape index (κ2) is 3.44. The van der Waals surface area contributed by atoms with Crippen molar-refractivity contribution in [1.29, 1.82) is 0 Å². The summed E-state index contributed by atoms with van der Waals surface area (Å²) in [7, 11) is 0. The zero-order valence-electron chi connectivity index (χ0n) is 7.20. The molecule has 0 radical (unpaired) electrons. The van der Waals surface area contributed by atoms with E-state index >= 15 is 0 Å². The van der Waals surface area contributed by atoms with Crippen molar-refractivity contribution in [1.82, 2.24) is 9.78 Å². The first-order valence-corrected chi connectivity index (χ1v) is 4.00. The van der Waals surface area contributed by atoms with Crippen molar-refractivity contribution in [2.75, 3.05) is 11.5 Å². The monoisotopic (exact) mass is 169 g/mol. The first-order valence-electron chi connectivity index (χ1n) is 4.00. The minimum absolute atomic E-state index is 0.160. The quantitative estimate of drug-likeness (QED) is 0.606. The van der Waals surface area contributed by atoms with Crippen molar-refractivity contribution in [3.63, 3.8) is 0 Å². The Hall–Kier alpha value is -1.23. The van der Waals surface area contributed by atoms with Gasteiger partial charge in [-0.05, 0) is 6.42 Å². The lowest BCUT2D eigenvalue weighted by Gasteiger charge is -2.12. The molecule has 0 saturated carbocycles. The lowest BCUT2D eigenvalue weighted by atomic mass is 10.3. The predicted molar refractivity (Wildman–Crippen MR) is 49.2 cm³/mol. The molecule has 12 heavy (non-hydrogen) atoms. The molecule has 5 nitrogen and oxygen atoms in total. The van der Waals surface area contributed by atoms with E-state index in [0.29, 0.717) is 11.5 Å². The molecule has 0 aliphatic heterocycles. The van der Waals surface area contributed by atoms with Gasteiger partial charge in [-0.1, -0.05) is 13.3 Å². The third-order valence-electron chi connectivity index (χ3n) is 1.76. The smallest absolute Gasteiger partial charge is 0.146 e. The number of nitrogen functional groups attached to an aromatic ring is 2. The summed E-state index contributed by atoms with van der Waals surface area (Å²) in [5.74, 6) is 0.455. The molecule has 1 rings (SSSR count). The van der Waals surface area contributed by atoms with Gasteiger partial charge in [0.15, 0.2) is 0 Å². The minimum atomic E-state index is -0.160. The van der Waals surface area contributed by atoms with E-state index in [0.717, 1.165) is 12.8 Å². The summed E-state index contributed by atoms with van der Waals surface area (Å²) >= 11 is 0. The molecule has 1 aromatic rings. The van der Waals surface area contributed by atoms with Gasteiger partial charge in [0.05, 0.1) is 11.9 Å². The van der Waals surface area contributed by atoms with Crippen LogP contribution in [-0.2, 0) is 0 Å². The van der Waals surface area contributed by atoms with E-state index < -0.39 is 0 Å². The van der Waals surface area contributed by atoms with Crippen molar-refractivity contribution < 1.29 is 0 Å². The maximum atomic E-state index is 5.78. The molecule has 0 aliphatic carbocycles. The van der Waals surface area contributed by atoms with Gasteiger partial charge < -0.3 is 17.2 Å². The van der Waals surface area contributed by atoms with Gasteiger partial charge in [-0.2, -0.15) is 5.10 Å². The van der Waals surface area contributed by atoms with E-state index in [-0.39, 0.29) is 6.17 Å². The van der Waals surface area contributed by atoms with E-state index in [1.165, 1.54) is 6.20 Å². The zero-order chi connectivity index (χ0) is 9.14. The van der Waals surface area contributed by atoms with Crippen LogP contribution in [0.4, 0.5) is 11.5 Å². The fourth-order valence-electron chi connectivity index (χ4n) is 1.07. The van der Waals surface area contributed by atoms with Crippen LogP contribution in [0.15, 0.2) is 6.20 Å². The maximum absolute atomic E-state index is 5.78. The Morgan fingerprint density at radius 3 is 2.67 bits per heavy atom. The number of nitrogens with zero attached hydrogens (tertiary/aromatic N) is 2. The third kappa shape index (κ3) is 1.50. The Morgan fingerprint density at radius 1 is 1.58 bits per heavy atom. The molecule has 68 valence electrons. The molecule has 0 amide bonds. The van der Waals surface area contributed by atoms with Crippen molar-refractivity contribution in [2.24, 2.45) is 5.73 Å². The Kier molecular flexibility index (Phi) is 2.54. The van der Waals surface area contributed by atoms with Gasteiger partial charge in [-0.25, -0.2) is 4.68 Å². The molecule has 0 fully saturated rings. The van der Waals surface area contributed by atoms with Crippen LogP contribution in [0.5, 0.6) is 0 Å². The van der Waals surface area contributed by atoms with Gasteiger partial charge in [0.2, 0.25) is 0 Å². The number of nitrogens with two attached hydrogens (primary N) is 3. The lowest BCUT2D eigenvalue weighted by molar-refractivity contribution is 0.441. The maximum Gasteiger partial charge on any atom is 0.146 e. The van der Waals surface area contributed by atoms with Crippen LogP contribution in [0.2, 0.25) is 0 Å². The molecule has 0 bridgehead atoms. The van der Waals surface area contributed by atoms with Gasteiger partial charge >= 0.3 is 0 Å². The van der Waals surface area contributed by atoms with E-state index in [9.17, 15) is 0 Å². The molecule has 0 spiro atoms. The summed E-state index contributed by atoms with van der Waals surface area (Å²) in [5, 5.41) is 3.98. The van der Waals surface area contributed by atoms with Crippen molar-refractivity contribution in [2.45, 2.75) is 25.9 Å². The van der Waals surface area contributed by atoms with Gasteiger partial charge in [-0.3, -0.25) is 0 Å². The average molecular weight is 169 g/mol. The molecule has 1 atom stereocenters. The van der Waals surface area contributed by atoms with E-state index in [2.05, 4.69) is 12.0 Å². The number of aromatic nitrogens is 2. The van der Waals surface area contributed by atoms with Crippen LogP contribution >= 0.6 is 0 Å². The van der Waals surface area contributed by atoms with Gasteiger partial charge in [0.25, 0.3) is 0 Å². The second-order valence-corrected chi connectivity index (χ2v) is 2.79. The predicted octanol–water partition coefficient (Wildman–Crippen LogP) is 0.305. The van der Waals surface area contributed by atoms with Gasteiger partial charge in [0, 0.05) is 0 Å². The van der Waals surface area contributed by atoms with Crippen LogP contribution < -0.4 is 17.2 Å². The fraction of sp³-hybridized carbons (Fsp3) is 0.571. The summed E-state index contributed by atoms with van der Waals surface area (Å²) in [6.45, 7) is 2.06. The third-order valence-corrected chi connectivity index (χ3v) is 1.76. The number of hydrogen-bond acceptors (Lipinski definition) is 4. The molecule has 6 N–H and O–H groups in total. The summed E-state index contributed by atoms with van der Waals surface area (Å²) < 4.78 is 1.55. The first kappa shape index (κ1) is 8.86. The Bertz CT molecular complexity index is 254. The first-order chi connectivity index (χ1) is 5.66. The van der Waals surface area contributed by atoms with E-state index in [4.69, 9.17) is 17.2 Å². The van der Waals surface area contributed by atoms with Crippen LogP contribution in [-0.4, -0.2) is 9.78 Å². The Morgan fingerprint density at radius 2 is 2.25 bits per heavy atom. The topological polar surface area (TPSA) is 95.9 Å². The van der Waals surface area contributed by atoms with Crippen LogP contribution in [0, 0.1) is 0 Å². The number of rotatable bonds is 3. The summed E-state index contributed by atoms with van der Waals surface area (Å²) in [5.41, 5.74) is 17.4. The number of anilines is 2. The van der Waals surface area contributed by atoms with Crippen molar-refractivity contribution in [3.05, 3.63) is 6.20 Å². The standard InChI is InChI=1S/C7H15N5/c1-2-3-6(9)12-7(10)5(8)4-11-12/h4,6H,2-3,8-10H2,1H3. The molecular formula is C7H15N5. The molecule has 0 saturated heterocycles. The molecule has 0 aromatic carbocycles. The molecule has 1 heterocycles. The second-order valence-electron chi connectivity index (χ2n) is 2.79. The molecule has 1 unspecified atom stereocenters. The fourth-order valence-corrected chi connectivity index (χ4v) is 1.07. The van der Waals surface area contributed by atoms with Gasteiger partial charge in [0.1, 0.15) is 12.0 Å². The lowest BCUT2D eigenvalue weighted by Crippen LogP contribution is -2.21. The zero-order valence-corrected chi connectivity index (χ0v) is 7.20. The molecule has 5 heteroatoms. The van der Waals surface area contributed by atoms with Crippen molar-refractivity contribution >= 4 is 11.5 Å². The highest BCUT2D eigenvalue weighted by molar-refractivity contribution is 5.57. The summed E-state index contributed by atoms with van der Waals surface area (Å²) in [6, 6.07) is 0. The highest BCUT2D eigenvalue weighted by Crippen LogP contribution is 2.17. The van der Waals surface area contributed by atoms with E-state index in [1.807, 2.05) is 0 Å². The normalized spacial score (nSPS) is 13.2.